The van der Waals surface area contributed by atoms with E-state index < -0.39 is 9.84 Å². The number of aromatic nitrogens is 1. The van der Waals surface area contributed by atoms with Crippen LogP contribution in [0.5, 0.6) is 5.75 Å². The number of ether oxygens (including phenoxy) is 1. The summed E-state index contributed by atoms with van der Waals surface area (Å²) in [5.74, 6) is 0.996. The van der Waals surface area contributed by atoms with Gasteiger partial charge in [-0.3, -0.25) is 4.90 Å². The highest BCUT2D eigenvalue weighted by molar-refractivity contribution is 7.91. The number of methoxy groups -OCH3 is 1. The van der Waals surface area contributed by atoms with E-state index in [9.17, 15) is 8.42 Å². The zero-order valence-corrected chi connectivity index (χ0v) is 23.4. The molecule has 7 nitrogen and oxygen atoms in total. The average molecular weight is 566 g/mol. The predicted octanol–water partition coefficient (Wildman–Crippen LogP) is 6.87. The molecular formula is C30H32ClN3O4S. The molecular weight excluding hydrogens is 534 g/mol. The van der Waals surface area contributed by atoms with E-state index in [1.165, 1.54) is 12.8 Å². The van der Waals surface area contributed by atoms with Gasteiger partial charge in [0, 0.05) is 17.1 Å². The number of halogens is 1. The minimum absolute atomic E-state index is 0.0707. The Bertz CT molecular complexity index is 1480. The maximum absolute atomic E-state index is 13.7. The second-order valence-electron chi connectivity index (χ2n) is 9.57. The van der Waals surface area contributed by atoms with Crippen LogP contribution in [0.2, 0.25) is 5.02 Å². The van der Waals surface area contributed by atoms with Gasteiger partial charge in [0.2, 0.25) is 26.6 Å². The quantitative estimate of drug-likeness (QED) is 0.237. The van der Waals surface area contributed by atoms with Crippen LogP contribution < -0.4 is 10.1 Å². The van der Waals surface area contributed by atoms with Gasteiger partial charge in [-0.05, 0) is 74.0 Å². The molecule has 5 rings (SSSR count). The molecule has 1 aliphatic heterocycles. The number of likely N-dealkylation sites (tertiary alicyclic amines) is 1. The average Bonchev–Trinajstić information content (AvgIpc) is 3.22. The molecule has 0 spiro atoms. The second-order valence-corrected chi connectivity index (χ2v) is 11.8. The molecule has 1 N–H and O–H groups in total. The van der Waals surface area contributed by atoms with Crippen molar-refractivity contribution in [1.82, 2.24) is 9.88 Å². The van der Waals surface area contributed by atoms with Gasteiger partial charge in [-0.1, -0.05) is 60.8 Å². The summed E-state index contributed by atoms with van der Waals surface area (Å²) in [5, 5.41) is 3.85. The fourth-order valence-electron chi connectivity index (χ4n) is 4.95. The first-order valence-electron chi connectivity index (χ1n) is 13.1. The molecule has 0 aliphatic carbocycles. The second kappa shape index (κ2) is 12.2. The molecule has 2 heterocycles. The van der Waals surface area contributed by atoms with Gasteiger partial charge in [0.05, 0.1) is 18.0 Å². The van der Waals surface area contributed by atoms with Gasteiger partial charge >= 0.3 is 0 Å². The number of hydrogen-bond donors (Lipinski definition) is 1. The largest absolute Gasteiger partial charge is 0.497 e. The molecule has 0 amide bonds. The number of oxazole rings is 1. The molecule has 1 unspecified atom stereocenters. The standard InChI is InChI=1S/C30H32ClN3O4S/c1-37-23-17-15-22(16-18-23)28-33-30(39(35,36)24-11-5-4-6-12-24)29(38-28)32-21-27(25-13-7-8-14-26(25)31)34-19-9-2-3-10-20-34/h4-8,11-18,27,32H,2-3,9-10,19-21H2,1H3. The summed E-state index contributed by atoms with van der Waals surface area (Å²) in [6.07, 6.45) is 4.62. The molecule has 1 atom stereocenters. The fraction of sp³-hybridized carbons (Fsp3) is 0.300. The van der Waals surface area contributed by atoms with E-state index in [0.29, 0.717) is 22.9 Å². The van der Waals surface area contributed by atoms with Crippen LogP contribution >= 0.6 is 11.6 Å². The van der Waals surface area contributed by atoms with E-state index in [4.69, 9.17) is 20.8 Å². The van der Waals surface area contributed by atoms with E-state index >= 15 is 0 Å². The summed E-state index contributed by atoms with van der Waals surface area (Å²) in [6.45, 7) is 2.29. The molecule has 4 aromatic rings. The maximum Gasteiger partial charge on any atom is 0.233 e. The van der Waals surface area contributed by atoms with E-state index in [1.807, 2.05) is 24.3 Å². The van der Waals surface area contributed by atoms with Crippen LogP contribution in [0.1, 0.15) is 37.3 Å². The van der Waals surface area contributed by atoms with Crippen molar-refractivity contribution in [3.63, 3.8) is 0 Å². The van der Waals surface area contributed by atoms with Crippen LogP contribution in [0.4, 0.5) is 5.88 Å². The van der Waals surface area contributed by atoms with Crippen molar-refractivity contribution in [1.29, 1.82) is 0 Å². The first kappa shape index (κ1) is 27.2. The lowest BCUT2D eigenvalue weighted by atomic mass is 10.0. The van der Waals surface area contributed by atoms with Crippen LogP contribution in [-0.4, -0.2) is 45.0 Å². The number of nitrogens with one attached hydrogen (secondary N) is 1. The Labute approximate surface area is 234 Å². The Hall–Kier alpha value is -3.33. The highest BCUT2D eigenvalue weighted by atomic mass is 35.5. The minimum atomic E-state index is -3.95. The number of rotatable bonds is 9. The normalized spacial score (nSPS) is 15.4. The van der Waals surface area contributed by atoms with Gasteiger partial charge in [-0.25, -0.2) is 8.42 Å². The van der Waals surface area contributed by atoms with E-state index in [2.05, 4.69) is 15.2 Å². The molecule has 1 saturated heterocycles. The third-order valence-electron chi connectivity index (χ3n) is 7.04. The Balaban J connectivity index is 1.53. The lowest BCUT2D eigenvalue weighted by Gasteiger charge is -2.31. The van der Waals surface area contributed by atoms with Crippen molar-refractivity contribution in [2.24, 2.45) is 0 Å². The Kier molecular flexibility index (Phi) is 8.55. The lowest BCUT2D eigenvalue weighted by molar-refractivity contribution is 0.213. The zero-order chi connectivity index (χ0) is 27.2. The molecule has 39 heavy (non-hydrogen) atoms. The predicted molar refractivity (Wildman–Crippen MR) is 153 cm³/mol. The Morgan fingerprint density at radius 3 is 2.28 bits per heavy atom. The van der Waals surface area contributed by atoms with E-state index in [1.54, 1.807) is 61.7 Å². The number of hydrogen-bond acceptors (Lipinski definition) is 7. The summed E-state index contributed by atoms with van der Waals surface area (Å²) in [5.41, 5.74) is 1.64. The summed E-state index contributed by atoms with van der Waals surface area (Å²) in [4.78, 5) is 7.06. The number of benzene rings is 3. The van der Waals surface area contributed by atoms with Crippen molar-refractivity contribution in [3.05, 3.63) is 89.4 Å². The lowest BCUT2D eigenvalue weighted by Crippen LogP contribution is -2.34. The SMILES string of the molecule is COc1ccc(-c2nc(S(=O)(=O)c3ccccc3)c(NCC(c3ccccc3Cl)N3CCCCCC3)o2)cc1. The van der Waals surface area contributed by atoms with Gasteiger partial charge in [-0.2, -0.15) is 4.98 Å². The van der Waals surface area contributed by atoms with Gasteiger partial charge in [0.1, 0.15) is 5.75 Å². The summed E-state index contributed by atoms with van der Waals surface area (Å²) < 4.78 is 38.8. The smallest absolute Gasteiger partial charge is 0.233 e. The molecule has 3 aromatic carbocycles. The van der Waals surface area contributed by atoms with Crippen molar-refractivity contribution >= 4 is 27.3 Å². The first-order valence-corrected chi connectivity index (χ1v) is 15.0. The highest BCUT2D eigenvalue weighted by Crippen LogP contribution is 2.35. The molecule has 1 aromatic heterocycles. The topological polar surface area (TPSA) is 84.7 Å². The van der Waals surface area contributed by atoms with Gasteiger partial charge in [-0.15, -0.1) is 0 Å². The summed E-state index contributed by atoms with van der Waals surface area (Å²) in [6, 6.07) is 23.2. The Morgan fingerprint density at radius 2 is 1.62 bits per heavy atom. The minimum Gasteiger partial charge on any atom is -0.497 e. The molecule has 0 saturated carbocycles. The molecule has 0 radical (unpaired) electrons. The van der Waals surface area contributed by atoms with Crippen molar-refractivity contribution in [2.75, 3.05) is 32.1 Å². The van der Waals surface area contributed by atoms with Crippen molar-refractivity contribution < 1.29 is 17.6 Å². The van der Waals surface area contributed by atoms with Crippen LogP contribution in [0, 0.1) is 0 Å². The molecule has 1 aliphatic rings. The molecule has 1 fully saturated rings. The molecule has 9 heteroatoms. The third-order valence-corrected chi connectivity index (χ3v) is 9.07. The first-order chi connectivity index (χ1) is 19.0. The van der Waals surface area contributed by atoms with Crippen LogP contribution in [0.15, 0.2) is 93.2 Å². The maximum atomic E-state index is 13.7. The highest BCUT2D eigenvalue weighted by Gasteiger charge is 2.30. The van der Waals surface area contributed by atoms with Gasteiger partial charge in [0.25, 0.3) is 0 Å². The van der Waals surface area contributed by atoms with Gasteiger partial charge in [0.15, 0.2) is 0 Å². The number of anilines is 1. The molecule has 204 valence electrons. The Morgan fingerprint density at radius 1 is 0.949 bits per heavy atom. The number of nitrogens with zero attached hydrogens (tertiary/aromatic N) is 2. The van der Waals surface area contributed by atoms with Crippen molar-refractivity contribution in [3.8, 4) is 17.2 Å². The monoisotopic (exact) mass is 565 g/mol. The third kappa shape index (κ3) is 6.13. The number of sulfone groups is 1. The molecule has 0 bridgehead atoms. The zero-order valence-electron chi connectivity index (χ0n) is 21.8. The summed E-state index contributed by atoms with van der Waals surface area (Å²) >= 11 is 6.66. The summed E-state index contributed by atoms with van der Waals surface area (Å²) in [7, 11) is -2.36. The van der Waals surface area contributed by atoms with Crippen LogP contribution in [-0.2, 0) is 9.84 Å². The van der Waals surface area contributed by atoms with E-state index in [-0.39, 0.29) is 27.7 Å². The van der Waals surface area contributed by atoms with Gasteiger partial charge < -0.3 is 14.5 Å². The van der Waals surface area contributed by atoms with Crippen molar-refractivity contribution in [2.45, 2.75) is 41.6 Å². The fourth-order valence-corrected chi connectivity index (χ4v) is 6.51. The van der Waals surface area contributed by atoms with E-state index in [0.717, 1.165) is 31.5 Å². The van der Waals surface area contributed by atoms with Crippen LogP contribution in [0.3, 0.4) is 0 Å². The van der Waals surface area contributed by atoms with Crippen LogP contribution in [0.25, 0.3) is 11.5 Å².